The van der Waals surface area contributed by atoms with E-state index in [1.807, 2.05) is 24.3 Å². The lowest BCUT2D eigenvalue weighted by Crippen LogP contribution is -2.37. The molecule has 1 heterocycles. The third-order valence-corrected chi connectivity index (χ3v) is 2.83. The first-order valence-corrected chi connectivity index (χ1v) is 5.56. The van der Waals surface area contributed by atoms with E-state index in [4.69, 9.17) is 9.84 Å². The molecule has 5 nitrogen and oxygen atoms in total. The number of aliphatic hydroxyl groups is 1. The van der Waals surface area contributed by atoms with Crippen molar-refractivity contribution < 1.29 is 14.6 Å². The molecule has 1 aromatic rings. The summed E-state index contributed by atoms with van der Waals surface area (Å²) in [6.07, 6.45) is 0.423. The van der Waals surface area contributed by atoms with Crippen molar-refractivity contribution in [1.82, 2.24) is 10.4 Å². The molecular formula is C12H16N2O3. The van der Waals surface area contributed by atoms with Crippen molar-refractivity contribution in [2.24, 2.45) is 0 Å². The van der Waals surface area contributed by atoms with Crippen molar-refractivity contribution >= 4 is 5.91 Å². The van der Waals surface area contributed by atoms with Crippen LogP contribution in [0.5, 0.6) is 5.75 Å². The number of hydrogen-bond acceptors (Lipinski definition) is 4. The Bertz CT molecular complexity index is 391. The van der Waals surface area contributed by atoms with Crippen LogP contribution in [0.4, 0.5) is 0 Å². The Morgan fingerprint density at radius 1 is 1.47 bits per heavy atom. The standard InChI is InChI=1S/C12H16N2O3/c1-17-10-4-2-9(3-5-10)11-8-12(16)14(13-11)6-7-15/h2-5,11,13,15H,6-8H2,1H3. The highest BCUT2D eigenvalue weighted by atomic mass is 16.5. The lowest BCUT2D eigenvalue weighted by atomic mass is 10.1. The van der Waals surface area contributed by atoms with Crippen molar-refractivity contribution in [1.29, 1.82) is 0 Å². The topological polar surface area (TPSA) is 61.8 Å². The maximum Gasteiger partial charge on any atom is 0.238 e. The normalized spacial score (nSPS) is 19.8. The van der Waals surface area contributed by atoms with Crippen molar-refractivity contribution in [2.75, 3.05) is 20.3 Å². The van der Waals surface area contributed by atoms with Gasteiger partial charge >= 0.3 is 0 Å². The first-order chi connectivity index (χ1) is 8.24. The summed E-state index contributed by atoms with van der Waals surface area (Å²) in [6, 6.07) is 7.60. The highest BCUT2D eigenvalue weighted by Gasteiger charge is 2.29. The van der Waals surface area contributed by atoms with Gasteiger partial charge in [0, 0.05) is 6.42 Å². The number of carbonyl (C=O) groups is 1. The first-order valence-electron chi connectivity index (χ1n) is 5.56. The van der Waals surface area contributed by atoms with E-state index in [1.54, 1.807) is 7.11 Å². The summed E-state index contributed by atoms with van der Waals surface area (Å²) in [6.45, 7) is 0.291. The van der Waals surface area contributed by atoms with Gasteiger partial charge in [0.05, 0.1) is 26.3 Å². The molecule has 92 valence electrons. The van der Waals surface area contributed by atoms with E-state index < -0.39 is 0 Å². The van der Waals surface area contributed by atoms with Crippen LogP contribution in [0.2, 0.25) is 0 Å². The predicted molar refractivity (Wildman–Crippen MR) is 62.3 cm³/mol. The van der Waals surface area contributed by atoms with Crippen LogP contribution >= 0.6 is 0 Å². The molecule has 1 aromatic carbocycles. The zero-order chi connectivity index (χ0) is 12.3. The van der Waals surface area contributed by atoms with Crippen LogP contribution in [0.25, 0.3) is 0 Å². The molecule has 2 N–H and O–H groups in total. The largest absolute Gasteiger partial charge is 0.497 e. The van der Waals surface area contributed by atoms with Gasteiger partial charge in [-0.1, -0.05) is 12.1 Å². The third kappa shape index (κ3) is 2.57. The molecule has 0 bridgehead atoms. The lowest BCUT2D eigenvalue weighted by Gasteiger charge is -2.16. The SMILES string of the molecule is COc1ccc(C2CC(=O)N(CCO)N2)cc1. The fourth-order valence-electron chi connectivity index (χ4n) is 1.91. The molecule has 0 saturated carbocycles. The van der Waals surface area contributed by atoms with E-state index >= 15 is 0 Å². The molecular weight excluding hydrogens is 220 g/mol. The molecule has 0 radical (unpaired) electrons. The number of ether oxygens (including phenoxy) is 1. The molecule has 1 amide bonds. The number of hydrazine groups is 1. The van der Waals surface area contributed by atoms with Gasteiger partial charge in [-0.3, -0.25) is 9.80 Å². The highest BCUT2D eigenvalue weighted by Crippen LogP contribution is 2.25. The number of nitrogens with one attached hydrogen (secondary N) is 1. The summed E-state index contributed by atoms with van der Waals surface area (Å²) >= 11 is 0. The van der Waals surface area contributed by atoms with Gasteiger partial charge in [0.2, 0.25) is 5.91 Å². The molecule has 0 aliphatic carbocycles. The van der Waals surface area contributed by atoms with Crippen LogP contribution < -0.4 is 10.2 Å². The van der Waals surface area contributed by atoms with Crippen molar-refractivity contribution in [2.45, 2.75) is 12.5 Å². The van der Waals surface area contributed by atoms with Gasteiger partial charge < -0.3 is 9.84 Å². The Kier molecular flexibility index (Phi) is 3.61. The summed E-state index contributed by atoms with van der Waals surface area (Å²) < 4.78 is 5.08. The summed E-state index contributed by atoms with van der Waals surface area (Å²) in [5.74, 6) is 0.810. The average Bonchev–Trinajstić information content (AvgIpc) is 2.72. The molecule has 1 fully saturated rings. The van der Waals surface area contributed by atoms with Gasteiger partial charge in [-0.2, -0.15) is 0 Å². The minimum atomic E-state index is -0.0337. The van der Waals surface area contributed by atoms with E-state index in [9.17, 15) is 4.79 Å². The van der Waals surface area contributed by atoms with Gasteiger partial charge in [0.15, 0.2) is 0 Å². The van der Waals surface area contributed by atoms with Gasteiger partial charge in [-0.15, -0.1) is 0 Å². The number of nitrogens with zero attached hydrogens (tertiary/aromatic N) is 1. The molecule has 1 aliphatic rings. The number of aliphatic hydroxyl groups excluding tert-OH is 1. The Morgan fingerprint density at radius 3 is 2.76 bits per heavy atom. The fourth-order valence-corrected chi connectivity index (χ4v) is 1.91. The number of hydrogen-bond donors (Lipinski definition) is 2. The maximum absolute atomic E-state index is 11.6. The molecule has 17 heavy (non-hydrogen) atoms. The highest BCUT2D eigenvalue weighted by molar-refractivity contribution is 5.78. The lowest BCUT2D eigenvalue weighted by molar-refractivity contribution is -0.130. The Labute approximate surface area is 100.0 Å². The molecule has 1 unspecified atom stereocenters. The smallest absolute Gasteiger partial charge is 0.238 e. The van der Waals surface area contributed by atoms with E-state index in [0.717, 1.165) is 11.3 Å². The first kappa shape index (κ1) is 11.9. The third-order valence-electron chi connectivity index (χ3n) is 2.83. The minimum Gasteiger partial charge on any atom is -0.497 e. The van der Waals surface area contributed by atoms with Gasteiger partial charge in [-0.25, -0.2) is 5.43 Å². The van der Waals surface area contributed by atoms with Crippen LogP contribution in [0.3, 0.4) is 0 Å². The van der Waals surface area contributed by atoms with Gasteiger partial charge in [0.1, 0.15) is 5.75 Å². The molecule has 5 heteroatoms. The van der Waals surface area contributed by atoms with Crippen LogP contribution in [0.1, 0.15) is 18.0 Å². The number of β-amino-alcohol motifs (C(OH)–C–C–N with tert-alkyl or cyclic N) is 1. The Morgan fingerprint density at radius 2 is 2.18 bits per heavy atom. The maximum atomic E-state index is 11.6. The number of rotatable bonds is 4. The molecule has 1 saturated heterocycles. The van der Waals surface area contributed by atoms with Crippen molar-refractivity contribution in [3.8, 4) is 5.75 Å². The molecule has 0 spiro atoms. The number of methoxy groups -OCH3 is 1. The second-order valence-corrected chi connectivity index (χ2v) is 3.93. The average molecular weight is 236 g/mol. The Balaban J connectivity index is 2.06. The Hall–Kier alpha value is -1.59. The summed E-state index contributed by atoms with van der Waals surface area (Å²) in [5, 5.41) is 10.3. The summed E-state index contributed by atoms with van der Waals surface area (Å²) in [4.78, 5) is 11.6. The van der Waals surface area contributed by atoms with Crippen molar-refractivity contribution in [3.63, 3.8) is 0 Å². The monoisotopic (exact) mass is 236 g/mol. The zero-order valence-corrected chi connectivity index (χ0v) is 9.72. The molecule has 1 atom stereocenters. The molecule has 2 rings (SSSR count). The van der Waals surface area contributed by atoms with E-state index in [-0.39, 0.29) is 18.6 Å². The second-order valence-electron chi connectivity index (χ2n) is 3.93. The van der Waals surface area contributed by atoms with Crippen LogP contribution in [0.15, 0.2) is 24.3 Å². The van der Waals surface area contributed by atoms with Gasteiger partial charge in [0.25, 0.3) is 0 Å². The van der Waals surface area contributed by atoms with Crippen LogP contribution in [-0.4, -0.2) is 36.3 Å². The quantitative estimate of drug-likeness (QED) is 0.797. The summed E-state index contributed by atoms with van der Waals surface area (Å²) in [7, 11) is 1.62. The molecule has 0 aromatic heterocycles. The van der Waals surface area contributed by atoms with E-state index in [2.05, 4.69) is 5.43 Å². The van der Waals surface area contributed by atoms with Crippen molar-refractivity contribution in [3.05, 3.63) is 29.8 Å². The minimum absolute atomic E-state index is 0.0138. The number of amides is 1. The zero-order valence-electron chi connectivity index (χ0n) is 9.72. The summed E-state index contributed by atoms with van der Waals surface area (Å²) in [5.41, 5.74) is 4.12. The van der Waals surface area contributed by atoms with Crippen LogP contribution in [-0.2, 0) is 4.79 Å². The van der Waals surface area contributed by atoms with E-state index in [1.165, 1.54) is 5.01 Å². The van der Waals surface area contributed by atoms with E-state index in [0.29, 0.717) is 13.0 Å². The van der Waals surface area contributed by atoms with Crippen LogP contribution in [0, 0.1) is 0 Å². The fraction of sp³-hybridized carbons (Fsp3) is 0.417. The van der Waals surface area contributed by atoms with Gasteiger partial charge in [-0.05, 0) is 17.7 Å². The predicted octanol–water partition coefficient (Wildman–Crippen LogP) is 0.465. The molecule has 1 aliphatic heterocycles. The number of benzene rings is 1. The number of carbonyl (C=O) groups excluding carboxylic acids is 1. The second kappa shape index (κ2) is 5.16.